The molecule has 0 aliphatic rings. The van der Waals surface area contributed by atoms with E-state index in [1.165, 1.54) is 0 Å². The summed E-state index contributed by atoms with van der Waals surface area (Å²) in [6.45, 7) is 2.45. The molecule has 0 bridgehead atoms. The molecule has 0 aliphatic heterocycles. The number of rotatable bonds is 5. The Morgan fingerprint density at radius 2 is 1.95 bits per heavy atom. The first-order chi connectivity index (χ1) is 10.8. The molecule has 3 aromatic rings. The molecule has 5 nitrogen and oxygen atoms in total. The number of hydrogen-bond donors (Lipinski definition) is 1. The highest BCUT2D eigenvalue weighted by Crippen LogP contribution is 2.24. The Hall–Kier alpha value is -2.82. The highest BCUT2D eigenvalue weighted by Gasteiger charge is 2.13. The van der Waals surface area contributed by atoms with Crippen molar-refractivity contribution in [3.05, 3.63) is 54.2 Å². The number of amides is 1. The van der Waals surface area contributed by atoms with Crippen molar-refractivity contribution < 1.29 is 14.1 Å². The van der Waals surface area contributed by atoms with E-state index < -0.39 is 0 Å². The lowest BCUT2D eigenvalue weighted by molar-refractivity contribution is -0.115. The van der Waals surface area contributed by atoms with Crippen LogP contribution < -0.4 is 10.1 Å². The predicted octanol–water partition coefficient (Wildman–Crippen LogP) is 3.41. The van der Waals surface area contributed by atoms with E-state index in [1.807, 2.05) is 55.5 Å². The average molecular weight is 296 g/mol. The monoisotopic (exact) mass is 296 g/mol. The number of ether oxygens (including phenoxy) is 1. The number of anilines is 1. The van der Waals surface area contributed by atoms with E-state index in [9.17, 15) is 4.79 Å². The molecule has 22 heavy (non-hydrogen) atoms. The first-order valence-electron chi connectivity index (χ1n) is 7.13. The van der Waals surface area contributed by atoms with Crippen LogP contribution in [0.15, 0.2) is 53.1 Å². The summed E-state index contributed by atoms with van der Waals surface area (Å²) in [4.78, 5) is 12.2. The largest absolute Gasteiger partial charge is 0.492 e. The summed E-state index contributed by atoms with van der Waals surface area (Å²) in [5.41, 5.74) is 1.96. The average Bonchev–Trinajstić information content (AvgIpc) is 2.93. The number of fused-ring (bicyclic) bond motifs is 1. The van der Waals surface area contributed by atoms with Crippen molar-refractivity contribution >= 4 is 22.6 Å². The molecule has 0 unspecified atom stereocenters. The smallest absolute Gasteiger partial charge is 0.230 e. The van der Waals surface area contributed by atoms with Crippen LogP contribution in [0.4, 0.5) is 5.69 Å². The van der Waals surface area contributed by atoms with Crippen molar-refractivity contribution in [2.45, 2.75) is 13.3 Å². The first kappa shape index (κ1) is 14.1. The summed E-state index contributed by atoms with van der Waals surface area (Å²) in [6, 6.07) is 14.8. The van der Waals surface area contributed by atoms with Crippen LogP contribution in [0.1, 0.15) is 12.6 Å². The normalized spacial score (nSPS) is 10.6. The molecule has 0 spiro atoms. The third-order valence-corrected chi connectivity index (χ3v) is 3.24. The van der Waals surface area contributed by atoms with Crippen molar-refractivity contribution in [2.24, 2.45) is 0 Å². The number of carbonyl (C=O) groups is 1. The molecule has 112 valence electrons. The van der Waals surface area contributed by atoms with Gasteiger partial charge in [-0.15, -0.1) is 0 Å². The number of carbonyl (C=O) groups excluding carboxylic acids is 1. The second kappa shape index (κ2) is 6.30. The van der Waals surface area contributed by atoms with Crippen LogP contribution in [0.5, 0.6) is 5.75 Å². The Labute approximate surface area is 127 Å². The molecule has 1 N–H and O–H groups in total. The number of hydrogen-bond acceptors (Lipinski definition) is 4. The molecule has 0 atom stereocenters. The number of benzene rings is 2. The molecule has 0 saturated carbocycles. The minimum atomic E-state index is -0.161. The Morgan fingerprint density at radius 3 is 2.82 bits per heavy atom. The third kappa shape index (κ3) is 2.93. The topological polar surface area (TPSA) is 64.4 Å². The van der Waals surface area contributed by atoms with Gasteiger partial charge in [0, 0.05) is 5.39 Å². The fraction of sp³-hybridized carbons (Fsp3) is 0.176. The minimum Gasteiger partial charge on any atom is -0.492 e. The highest BCUT2D eigenvalue weighted by atomic mass is 16.5. The van der Waals surface area contributed by atoms with Crippen LogP contribution in [-0.4, -0.2) is 17.7 Å². The molecule has 0 fully saturated rings. The zero-order valence-electron chi connectivity index (χ0n) is 12.2. The second-order valence-corrected chi connectivity index (χ2v) is 4.78. The van der Waals surface area contributed by atoms with Crippen molar-refractivity contribution in [3.8, 4) is 5.75 Å². The van der Waals surface area contributed by atoms with Gasteiger partial charge in [0.15, 0.2) is 5.58 Å². The van der Waals surface area contributed by atoms with Crippen LogP contribution in [0.25, 0.3) is 11.0 Å². The number of nitrogens with one attached hydrogen (secondary N) is 1. The molecule has 1 heterocycles. The van der Waals surface area contributed by atoms with Crippen LogP contribution in [0, 0.1) is 0 Å². The molecule has 0 saturated heterocycles. The molecule has 2 aromatic carbocycles. The Balaban J connectivity index is 1.75. The van der Waals surface area contributed by atoms with Crippen LogP contribution in [0.2, 0.25) is 0 Å². The molecule has 5 heteroatoms. The van der Waals surface area contributed by atoms with Gasteiger partial charge < -0.3 is 14.6 Å². The molecular weight excluding hydrogens is 280 g/mol. The van der Waals surface area contributed by atoms with E-state index in [2.05, 4.69) is 10.5 Å². The van der Waals surface area contributed by atoms with E-state index in [4.69, 9.17) is 9.26 Å². The molecular formula is C17H16N2O3. The van der Waals surface area contributed by atoms with Crippen molar-refractivity contribution in [3.63, 3.8) is 0 Å². The summed E-state index contributed by atoms with van der Waals surface area (Å²) >= 11 is 0. The predicted molar refractivity (Wildman–Crippen MR) is 84.0 cm³/mol. The maximum atomic E-state index is 12.2. The van der Waals surface area contributed by atoms with Gasteiger partial charge in [-0.2, -0.15) is 0 Å². The van der Waals surface area contributed by atoms with Crippen LogP contribution >= 0.6 is 0 Å². The summed E-state index contributed by atoms with van der Waals surface area (Å²) in [7, 11) is 0. The maximum absolute atomic E-state index is 12.2. The number of aromatic nitrogens is 1. The van der Waals surface area contributed by atoms with Crippen LogP contribution in [-0.2, 0) is 11.2 Å². The lowest BCUT2D eigenvalue weighted by atomic mass is 10.1. The van der Waals surface area contributed by atoms with Gasteiger partial charge in [-0.05, 0) is 31.2 Å². The standard InChI is InChI=1S/C17H16N2O3/c1-2-21-16-10-6-4-8-13(16)18-17(20)11-14-12-7-3-5-9-15(12)22-19-14/h3-10H,2,11H2,1H3,(H,18,20). The van der Waals surface area contributed by atoms with E-state index >= 15 is 0 Å². The van der Waals surface area contributed by atoms with E-state index in [-0.39, 0.29) is 12.3 Å². The molecule has 3 rings (SSSR count). The zero-order valence-corrected chi connectivity index (χ0v) is 12.2. The Morgan fingerprint density at radius 1 is 1.18 bits per heavy atom. The number of nitrogens with zero attached hydrogens (tertiary/aromatic N) is 1. The van der Waals surface area contributed by atoms with E-state index in [1.54, 1.807) is 0 Å². The second-order valence-electron chi connectivity index (χ2n) is 4.78. The summed E-state index contributed by atoms with van der Waals surface area (Å²) < 4.78 is 10.7. The lowest BCUT2D eigenvalue weighted by Gasteiger charge is -2.10. The Bertz CT molecular complexity index is 795. The van der Waals surface area contributed by atoms with Crippen molar-refractivity contribution in [1.82, 2.24) is 5.16 Å². The summed E-state index contributed by atoms with van der Waals surface area (Å²) in [5, 5.41) is 7.68. The van der Waals surface area contributed by atoms with Gasteiger partial charge in [-0.25, -0.2) is 0 Å². The SMILES string of the molecule is CCOc1ccccc1NC(=O)Cc1noc2ccccc12. The lowest BCUT2D eigenvalue weighted by Crippen LogP contribution is -2.15. The quantitative estimate of drug-likeness (QED) is 0.783. The van der Waals surface area contributed by atoms with Crippen molar-refractivity contribution in [2.75, 3.05) is 11.9 Å². The summed E-state index contributed by atoms with van der Waals surface area (Å²) in [5.74, 6) is 0.495. The van der Waals surface area contributed by atoms with Gasteiger partial charge in [0.1, 0.15) is 11.4 Å². The van der Waals surface area contributed by atoms with E-state index in [0.717, 1.165) is 5.39 Å². The maximum Gasteiger partial charge on any atom is 0.230 e. The van der Waals surface area contributed by atoms with Crippen molar-refractivity contribution in [1.29, 1.82) is 0 Å². The fourth-order valence-corrected chi connectivity index (χ4v) is 2.26. The first-order valence-corrected chi connectivity index (χ1v) is 7.13. The van der Waals surface area contributed by atoms with Gasteiger partial charge in [0.25, 0.3) is 0 Å². The summed E-state index contributed by atoms with van der Waals surface area (Å²) in [6.07, 6.45) is 0.150. The molecule has 0 aliphatic carbocycles. The zero-order chi connectivity index (χ0) is 15.4. The molecule has 1 aromatic heterocycles. The van der Waals surface area contributed by atoms with Gasteiger partial charge in [-0.3, -0.25) is 4.79 Å². The molecule has 1 amide bonds. The van der Waals surface area contributed by atoms with Gasteiger partial charge in [0.2, 0.25) is 5.91 Å². The third-order valence-electron chi connectivity index (χ3n) is 3.24. The Kier molecular flexibility index (Phi) is 4.05. The molecule has 0 radical (unpaired) electrons. The number of para-hydroxylation sites is 3. The fourth-order valence-electron chi connectivity index (χ4n) is 2.26. The van der Waals surface area contributed by atoms with Gasteiger partial charge >= 0.3 is 0 Å². The van der Waals surface area contributed by atoms with Gasteiger partial charge in [0.05, 0.1) is 18.7 Å². The highest BCUT2D eigenvalue weighted by molar-refractivity contribution is 5.95. The minimum absolute atomic E-state index is 0.150. The van der Waals surface area contributed by atoms with Crippen LogP contribution in [0.3, 0.4) is 0 Å². The van der Waals surface area contributed by atoms with E-state index in [0.29, 0.717) is 29.3 Å². The van der Waals surface area contributed by atoms with Gasteiger partial charge in [-0.1, -0.05) is 29.4 Å².